The molecular weight excluding hydrogens is 199 g/mol. The highest BCUT2D eigenvalue weighted by Crippen LogP contribution is 2.14. The van der Waals surface area contributed by atoms with E-state index in [1.54, 1.807) is 0 Å². The van der Waals surface area contributed by atoms with Crippen molar-refractivity contribution in [1.82, 2.24) is 0 Å². The van der Waals surface area contributed by atoms with E-state index in [0.29, 0.717) is 5.69 Å². The molecule has 0 aromatic heterocycles. The lowest BCUT2D eigenvalue weighted by Crippen LogP contribution is -2.27. The molecule has 1 aromatic rings. The Morgan fingerprint density at radius 3 is 2.53 bits per heavy atom. The number of halogens is 1. The van der Waals surface area contributed by atoms with Crippen molar-refractivity contribution in [2.75, 3.05) is 18.5 Å². The molecule has 0 amide bonds. The smallest absolute Gasteiger partial charge is 0.126 e. The first-order chi connectivity index (χ1) is 7.19. The average molecular weight is 210 g/mol. The lowest BCUT2D eigenvalue weighted by Gasteiger charge is -2.14. The normalized spacial score (nSPS) is 10.1. The van der Waals surface area contributed by atoms with Crippen LogP contribution in [0.1, 0.15) is 5.56 Å². The standard InChI is InChI=1S/C10H11FN2O2/c11-8-1-7(4-12)2-9(3-8)13-10(5-14)6-15/h1-3,10,13-15H,5-6H2. The average Bonchev–Trinajstić information content (AvgIpc) is 2.25. The Morgan fingerprint density at radius 2 is 2.00 bits per heavy atom. The number of nitriles is 1. The number of aliphatic hydroxyl groups excluding tert-OH is 2. The summed E-state index contributed by atoms with van der Waals surface area (Å²) < 4.78 is 13.0. The summed E-state index contributed by atoms with van der Waals surface area (Å²) in [7, 11) is 0. The topological polar surface area (TPSA) is 76.3 Å². The highest BCUT2D eigenvalue weighted by Gasteiger charge is 2.07. The summed E-state index contributed by atoms with van der Waals surface area (Å²) in [6.07, 6.45) is 0. The van der Waals surface area contributed by atoms with Gasteiger partial charge in [-0.05, 0) is 18.2 Å². The summed E-state index contributed by atoms with van der Waals surface area (Å²) in [5.41, 5.74) is 0.548. The zero-order valence-corrected chi connectivity index (χ0v) is 7.94. The molecular formula is C10H11FN2O2. The van der Waals surface area contributed by atoms with Crippen molar-refractivity contribution in [3.8, 4) is 6.07 Å². The summed E-state index contributed by atoms with van der Waals surface area (Å²) >= 11 is 0. The van der Waals surface area contributed by atoms with Crippen LogP contribution in [-0.2, 0) is 0 Å². The first kappa shape index (κ1) is 11.4. The number of benzene rings is 1. The summed E-state index contributed by atoms with van der Waals surface area (Å²) in [4.78, 5) is 0. The van der Waals surface area contributed by atoms with Crippen LogP contribution in [0.3, 0.4) is 0 Å². The maximum atomic E-state index is 13.0. The predicted molar refractivity (Wildman–Crippen MR) is 52.7 cm³/mol. The van der Waals surface area contributed by atoms with Gasteiger partial charge in [0.1, 0.15) is 5.82 Å². The molecule has 1 rings (SSSR count). The van der Waals surface area contributed by atoms with E-state index >= 15 is 0 Å². The second kappa shape index (κ2) is 5.29. The summed E-state index contributed by atoms with van der Waals surface area (Å²) in [6, 6.07) is 5.00. The summed E-state index contributed by atoms with van der Waals surface area (Å²) in [6.45, 7) is -0.538. The van der Waals surface area contributed by atoms with E-state index in [-0.39, 0.29) is 18.8 Å². The molecule has 0 saturated heterocycles. The van der Waals surface area contributed by atoms with Gasteiger partial charge in [0, 0.05) is 5.69 Å². The van der Waals surface area contributed by atoms with E-state index in [1.165, 1.54) is 12.1 Å². The van der Waals surface area contributed by atoms with Crippen molar-refractivity contribution in [2.24, 2.45) is 0 Å². The largest absolute Gasteiger partial charge is 0.394 e. The van der Waals surface area contributed by atoms with E-state index < -0.39 is 11.9 Å². The van der Waals surface area contributed by atoms with Crippen LogP contribution in [0.4, 0.5) is 10.1 Å². The van der Waals surface area contributed by atoms with E-state index in [1.807, 2.05) is 6.07 Å². The van der Waals surface area contributed by atoms with Crippen LogP contribution < -0.4 is 5.32 Å². The molecule has 0 bridgehead atoms. The van der Waals surface area contributed by atoms with Gasteiger partial charge in [-0.2, -0.15) is 5.26 Å². The van der Waals surface area contributed by atoms with Gasteiger partial charge in [0.2, 0.25) is 0 Å². The van der Waals surface area contributed by atoms with Gasteiger partial charge in [-0.25, -0.2) is 4.39 Å². The fourth-order valence-electron chi connectivity index (χ4n) is 1.12. The van der Waals surface area contributed by atoms with E-state index in [9.17, 15) is 4.39 Å². The zero-order valence-electron chi connectivity index (χ0n) is 7.94. The maximum Gasteiger partial charge on any atom is 0.126 e. The molecule has 5 heteroatoms. The SMILES string of the molecule is N#Cc1cc(F)cc(NC(CO)CO)c1. The van der Waals surface area contributed by atoms with Gasteiger partial charge in [-0.3, -0.25) is 0 Å². The number of hydrogen-bond acceptors (Lipinski definition) is 4. The van der Waals surface area contributed by atoms with Gasteiger partial charge in [0.25, 0.3) is 0 Å². The Hall–Kier alpha value is -1.64. The Labute approximate surface area is 86.6 Å². The quantitative estimate of drug-likeness (QED) is 0.675. The van der Waals surface area contributed by atoms with E-state index in [2.05, 4.69) is 5.32 Å². The van der Waals surface area contributed by atoms with Crippen LogP contribution in [-0.4, -0.2) is 29.5 Å². The van der Waals surface area contributed by atoms with Crippen molar-refractivity contribution in [3.63, 3.8) is 0 Å². The summed E-state index contributed by atoms with van der Waals surface area (Å²) in [5.74, 6) is -0.536. The highest BCUT2D eigenvalue weighted by atomic mass is 19.1. The van der Waals surface area contributed by atoms with Gasteiger partial charge in [-0.1, -0.05) is 0 Å². The molecule has 1 aromatic carbocycles. The van der Waals surface area contributed by atoms with Crippen LogP contribution in [0.25, 0.3) is 0 Å². The molecule has 0 fully saturated rings. The van der Waals surface area contributed by atoms with Crippen LogP contribution in [0.5, 0.6) is 0 Å². The van der Waals surface area contributed by atoms with Crippen LogP contribution >= 0.6 is 0 Å². The minimum Gasteiger partial charge on any atom is -0.394 e. The Morgan fingerprint density at radius 1 is 1.33 bits per heavy atom. The summed E-state index contributed by atoms with van der Waals surface area (Å²) in [5, 5.41) is 28.9. The third-order valence-corrected chi connectivity index (χ3v) is 1.84. The first-order valence-electron chi connectivity index (χ1n) is 4.38. The Bertz CT molecular complexity index is 372. The molecule has 0 saturated carbocycles. The van der Waals surface area contributed by atoms with E-state index in [4.69, 9.17) is 15.5 Å². The number of rotatable bonds is 4. The molecule has 0 aliphatic heterocycles. The minimum absolute atomic E-state index is 0.187. The van der Waals surface area contributed by atoms with Crippen molar-refractivity contribution >= 4 is 5.69 Å². The van der Waals surface area contributed by atoms with Crippen molar-refractivity contribution in [3.05, 3.63) is 29.6 Å². The van der Waals surface area contributed by atoms with Crippen molar-refractivity contribution < 1.29 is 14.6 Å². The monoisotopic (exact) mass is 210 g/mol. The molecule has 0 heterocycles. The number of nitrogens with zero attached hydrogens (tertiary/aromatic N) is 1. The Kier molecular flexibility index (Phi) is 4.03. The third kappa shape index (κ3) is 3.20. The number of nitrogens with one attached hydrogen (secondary N) is 1. The van der Waals surface area contributed by atoms with E-state index in [0.717, 1.165) is 6.07 Å². The highest BCUT2D eigenvalue weighted by molar-refractivity contribution is 5.50. The van der Waals surface area contributed by atoms with Crippen LogP contribution in [0.15, 0.2) is 18.2 Å². The fraction of sp³-hybridized carbons (Fsp3) is 0.300. The lowest BCUT2D eigenvalue weighted by atomic mass is 10.2. The fourth-order valence-corrected chi connectivity index (χ4v) is 1.12. The zero-order chi connectivity index (χ0) is 11.3. The van der Waals surface area contributed by atoms with Gasteiger partial charge >= 0.3 is 0 Å². The molecule has 4 nitrogen and oxygen atoms in total. The molecule has 3 N–H and O–H groups in total. The second-order valence-electron chi connectivity index (χ2n) is 3.05. The van der Waals surface area contributed by atoms with Gasteiger partial charge in [0.15, 0.2) is 0 Å². The maximum absolute atomic E-state index is 13.0. The van der Waals surface area contributed by atoms with Crippen molar-refractivity contribution in [2.45, 2.75) is 6.04 Å². The van der Waals surface area contributed by atoms with Crippen LogP contribution in [0.2, 0.25) is 0 Å². The first-order valence-corrected chi connectivity index (χ1v) is 4.38. The number of anilines is 1. The molecule has 0 aliphatic rings. The second-order valence-corrected chi connectivity index (χ2v) is 3.05. The number of hydrogen-bond donors (Lipinski definition) is 3. The van der Waals surface area contributed by atoms with Crippen LogP contribution in [0, 0.1) is 17.1 Å². The third-order valence-electron chi connectivity index (χ3n) is 1.84. The van der Waals surface area contributed by atoms with Gasteiger partial charge in [-0.15, -0.1) is 0 Å². The lowest BCUT2D eigenvalue weighted by molar-refractivity contribution is 0.204. The Balaban J connectivity index is 2.85. The minimum atomic E-state index is -0.557. The molecule has 0 unspecified atom stereocenters. The van der Waals surface area contributed by atoms with Gasteiger partial charge < -0.3 is 15.5 Å². The number of aliphatic hydroxyl groups is 2. The molecule has 0 radical (unpaired) electrons. The molecule has 80 valence electrons. The molecule has 15 heavy (non-hydrogen) atoms. The van der Waals surface area contributed by atoms with Gasteiger partial charge in [0.05, 0.1) is 30.9 Å². The molecule has 0 spiro atoms. The molecule has 0 aliphatic carbocycles. The van der Waals surface area contributed by atoms with Crippen molar-refractivity contribution in [1.29, 1.82) is 5.26 Å². The predicted octanol–water partition coefficient (Wildman–Crippen LogP) is 0.462. The molecule has 0 atom stereocenters.